The van der Waals surface area contributed by atoms with E-state index in [2.05, 4.69) is 18.8 Å². The Morgan fingerprint density at radius 3 is 2.48 bits per heavy atom. The first-order valence-electron chi connectivity index (χ1n) is 11.5. The molecule has 0 radical (unpaired) electrons. The Kier molecular flexibility index (Phi) is 6.44. The first-order valence-corrected chi connectivity index (χ1v) is 11.5. The number of benzene rings is 1. The van der Waals surface area contributed by atoms with Crippen LogP contribution >= 0.6 is 0 Å². The molecule has 2 aromatic rings. The van der Waals surface area contributed by atoms with Gasteiger partial charge in [0.1, 0.15) is 11.5 Å². The first-order chi connectivity index (χ1) is 14.9. The molecule has 6 heteroatoms. The van der Waals surface area contributed by atoms with Gasteiger partial charge in [0.2, 0.25) is 5.91 Å². The van der Waals surface area contributed by atoms with Crippen molar-refractivity contribution in [3.05, 3.63) is 52.7 Å². The van der Waals surface area contributed by atoms with Crippen LogP contribution in [0.4, 0.5) is 0 Å². The molecule has 4 rings (SSSR count). The largest absolute Gasteiger partial charge is 0.445 e. The summed E-state index contributed by atoms with van der Waals surface area (Å²) in [6, 6.07) is 7.69. The zero-order valence-electron chi connectivity index (χ0n) is 18.9. The van der Waals surface area contributed by atoms with E-state index < -0.39 is 0 Å². The quantitative estimate of drug-likeness (QED) is 0.729. The highest BCUT2D eigenvalue weighted by Crippen LogP contribution is 2.26. The molecule has 0 bridgehead atoms. The van der Waals surface area contributed by atoms with Crippen LogP contribution in [0.25, 0.3) is 0 Å². The smallest absolute Gasteiger partial charge is 0.253 e. The lowest BCUT2D eigenvalue weighted by Gasteiger charge is -2.35. The van der Waals surface area contributed by atoms with Gasteiger partial charge in [0.05, 0.1) is 6.54 Å². The Morgan fingerprint density at radius 1 is 1.10 bits per heavy atom. The minimum Gasteiger partial charge on any atom is -0.445 e. The third kappa shape index (κ3) is 5.00. The summed E-state index contributed by atoms with van der Waals surface area (Å²) in [6.07, 6.45) is 4.09. The molecular weight excluding hydrogens is 390 g/mol. The molecule has 6 nitrogen and oxygen atoms in total. The number of amides is 2. The molecule has 2 aliphatic heterocycles. The maximum atomic E-state index is 13.1. The molecule has 1 fully saturated rings. The lowest BCUT2D eigenvalue weighted by molar-refractivity contribution is -0.138. The number of rotatable bonds is 5. The number of carbonyl (C=O) groups is 2. The van der Waals surface area contributed by atoms with Crippen molar-refractivity contribution in [2.24, 2.45) is 11.8 Å². The van der Waals surface area contributed by atoms with Gasteiger partial charge in [-0.1, -0.05) is 31.5 Å². The maximum Gasteiger partial charge on any atom is 0.253 e. The van der Waals surface area contributed by atoms with Crippen molar-refractivity contribution in [3.63, 3.8) is 0 Å². The summed E-state index contributed by atoms with van der Waals surface area (Å²) in [5, 5.41) is 0. The summed E-state index contributed by atoms with van der Waals surface area (Å²) in [7, 11) is 0. The van der Waals surface area contributed by atoms with E-state index in [0.29, 0.717) is 32.1 Å². The van der Waals surface area contributed by atoms with Gasteiger partial charge in [0.15, 0.2) is 5.89 Å². The Morgan fingerprint density at radius 2 is 1.81 bits per heavy atom. The highest BCUT2D eigenvalue weighted by atomic mass is 16.4. The molecule has 0 saturated carbocycles. The zero-order valence-corrected chi connectivity index (χ0v) is 18.9. The second kappa shape index (κ2) is 9.25. The summed E-state index contributed by atoms with van der Waals surface area (Å²) < 4.78 is 5.93. The molecule has 0 aliphatic carbocycles. The number of likely N-dealkylation sites (tertiary alicyclic amines) is 1. The Hall–Kier alpha value is -2.63. The van der Waals surface area contributed by atoms with E-state index in [0.717, 1.165) is 60.6 Å². The molecule has 2 amide bonds. The Labute approximate surface area is 184 Å². The summed E-state index contributed by atoms with van der Waals surface area (Å²) in [5.74, 6) is 2.60. The molecule has 3 heterocycles. The molecule has 0 atom stereocenters. The fourth-order valence-corrected chi connectivity index (χ4v) is 4.43. The third-order valence-corrected chi connectivity index (χ3v) is 6.45. The van der Waals surface area contributed by atoms with Gasteiger partial charge >= 0.3 is 0 Å². The summed E-state index contributed by atoms with van der Waals surface area (Å²) in [5.41, 5.74) is 2.79. The second-order valence-corrected chi connectivity index (χ2v) is 9.35. The third-order valence-electron chi connectivity index (χ3n) is 6.45. The lowest BCUT2D eigenvalue weighted by Crippen LogP contribution is -2.45. The van der Waals surface area contributed by atoms with Gasteiger partial charge in [-0.2, -0.15) is 0 Å². The molecule has 2 aliphatic rings. The summed E-state index contributed by atoms with van der Waals surface area (Å²) >= 11 is 0. The van der Waals surface area contributed by atoms with Crippen molar-refractivity contribution in [3.8, 4) is 0 Å². The van der Waals surface area contributed by atoms with Crippen molar-refractivity contribution in [1.82, 2.24) is 14.8 Å². The SMILES string of the molecule is Cc1ccc(C(=O)N2CCC(C(=O)N3CCc4oc(CCC(C)C)nc4C3)CC2)cc1. The second-order valence-electron chi connectivity index (χ2n) is 9.35. The average Bonchev–Trinajstić information content (AvgIpc) is 3.19. The number of aromatic nitrogens is 1. The lowest BCUT2D eigenvalue weighted by atomic mass is 9.94. The van der Waals surface area contributed by atoms with Crippen LogP contribution in [0.1, 0.15) is 66.4 Å². The van der Waals surface area contributed by atoms with Gasteiger partial charge in [0, 0.05) is 44.0 Å². The maximum absolute atomic E-state index is 13.1. The highest BCUT2D eigenvalue weighted by molar-refractivity contribution is 5.94. The molecule has 1 aromatic carbocycles. The van der Waals surface area contributed by atoms with Crippen LogP contribution in [0.2, 0.25) is 0 Å². The van der Waals surface area contributed by atoms with E-state index in [-0.39, 0.29) is 17.7 Å². The average molecular weight is 424 g/mol. The van der Waals surface area contributed by atoms with E-state index in [1.807, 2.05) is 41.0 Å². The standard InChI is InChI=1S/C25H33N3O3/c1-17(2)4-9-23-26-21-16-28(15-12-22(21)31-23)25(30)20-10-13-27(14-11-20)24(29)19-7-5-18(3)6-8-19/h5-8,17,20H,4,9-16H2,1-3H3. The number of fused-ring (bicyclic) bond motifs is 1. The number of piperidine rings is 1. The predicted molar refractivity (Wildman–Crippen MR) is 119 cm³/mol. The summed E-state index contributed by atoms with van der Waals surface area (Å²) in [6.45, 7) is 8.90. The first kappa shape index (κ1) is 21.6. The van der Waals surface area contributed by atoms with Gasteiger partial charge in [-0.3, -0.25) is 9.59 Å². The van der Waals surface area contributed by atoms with Gasteiger partial charge in [-0.05, 0) is 44.2 Å². The van der Waals surface area contributed by atoms with E-state index in [1.54, 1.807) is 0 Å². The van der Waals surface area contributed by atoms with Crippen LogP contribution in [-0.4, -0.2) is 46.2 Å². The van der Waals surface area contributed by atoms with Crippen LogP contribution in [0, 0.1) is 18.8 Å². The number of hydrogen-bond donors (Lipinski definition) is 0. The highest BCUT2D eigenvalue weighted by Gasteiger charge is 2.33. The molecule has 0 spiro atoms. The molecule has 1 aromatic heterocycles. The fraction of sp³-hybridized carbons (Fsp3) is 0.560. The van der Waals surface area contributed by atoms with Gasteiger partial charge in [-0.15, -0.1) is 0 Å². The normalized spacial score (nSPS) is 17.2. The minimum atomic E-state index is -0.0177. The van der Waals surface area contributed by atoms with Crippen molar-refractivity contribution < 1.29 is 14.0 Å². The van der Waals surface area contributed by atoms with E-state index in [4.69, 9.17) is 4.42 Å². The fourth-order valence-electron chi connectivity index (χ4n) is 4.43. The van der Waals surface area contributed by atoms with Crippen molar-refractivity contribution in [1.29, 1.82) is 0 Å². The minimum absolute atomic E-state index is 0.0177. The number of aryl methyl sites for hydroxylation is 2. The van der Waals surface area contributed by atoms with Crippen LogP contribution in [0.15, 0.2) is 28.7 Å². The molecule has 1 saturated heterocycles. The molecule has 166 valence electrons. The van der Waals surface area contributed by atoms with Gasteiger partial charge < -0.3 is 14.2 Å². The van der Waals surface area contributed by atoms with Crippen molar-refractivity contribution in [2.75, 3.05) is 19.6 Å². The van der Waals surface area contributed by atoms with Crippen LogP contribution < -0.4 is 0 Å². The van der Waals surface area contributed by atoms with Crippen LogP contribution in [0.5, 0.6) is 0 Å². The van der Waals surface area contributed by atoms with E-state index in [1.165, 1.54) is 0 Å². The molecule has 0 unspecified atom stereocenters. The van der Waals surface area contributed by atoms with Gasteiger partial charge in [0.25, 0.3) is 5.91 Å². The topological polar surface area (TPSA) is 66.7 Å². The van der Waals surface area contributed by atoms with Crippen molar-refractivity contribution in [2.45, 2.75) is 59.4 Å². The number of oxazole rings is 1. The Balaban J connectivity index is 1.31. The molecule has 0 N–H and O–H groups in total. The number of carbonyl (C=O) groups excluding carboxylic acids is 2. The van der Waals surface area contributed by atoms with E-state index in [9.17, 15) is 9.59 Å². The molecule has 31 heavy (non-hydrogen) atoms. The van der Waals surface area contributed by atoms with Crippen LogP contribution in [-0.2, 0) is 24.2 Å². The Bertz CT molecular complexity index is 924. The van der Waals surface area contributed by atoms with Crippen molar-refractivity contribution >= 4 is 11.8 Å². The monoisotopic (exact) mass is 423 g/mol. The predicted octanol–water partition coefficient (Wildman–Crippen LogP) is 4.01. The number of hydrogen-bond acceptors (Lipinski definition) is 4. The zero-order chi connectivity index (χ0) is 22.0. The van der Waals surface area contributed by atoms with Crippen LogP contribution in [0.3, 0.4) is 0 Å². The molecular formula is C25H33N3O3. The van der Waals surface area contributed by atoms with E-state index >= 15 is 0 Å². The number of nitrogens with zero attached hydrogens (tertiary/aromatic N) is 3. The van der Waals surface area contributed by atoms with Gasteiger partial charge in [-0.25, -0.2) is 4.98 Å². The summed E-state index contributed by atoms with van der Waals surface area (Å²) in [4.78, 5) is 34.3.